The summed E-state index contributed by atoms with van der Waals surface area (Å²) in [6, 6.07) is 8.91. The van der Waals surface area contributed by atoms with Gasteiger partial charge in [-0.15, -0.1) is 0 Å². The zero-order chi connectivity index (χ0) is 18.8. The minimum absolute atomic E-state index is 0.0278. The van der Waals surface area contributed by atoms with Gasteiger partial charge in [-0.2, -0.15) is 0 Å². The Hall–Kier alpha value is -2.80. The van der Waals surface area contributed by atoms with E-state index in [9.17, 15) is 9.59 Å². The minimum Gasteiger partial charge on any atom is -0.338 e. The first-order chi connectivity index (χ1) is 13.1. The number of rotatable bonds is 2. The number of fused-ring (bicyclic) bond motifs is 1. The molecule has 3 heterocycles. The number of carbonyl (C=O) groups is 2. The number of hydrogen-bond donors (Lipinski definition) is 0. The van der Waals surface area contributed by atoms with Gasteiger partial charge in [0, 0.05) is 38.1 Å². The van der Waals surface area contributed by atoms with Gasteiger partial charge in [0.05, 0.1) is 0 Å². The molecular weight excluding hydrogens is 342 g/mol. The fourth-order valence-corrected chi connectivity index (χ4v) is 3.81. The summed E-state index contributed by atoms with van der Waals surface area (Å²) >= 11 is 0. The lowest BCUT2D eigenvalue weighted by molar-refractivity contribution is -0.134. The van der Waals surface area contributed by atoms with Crippen LogP contribution >= 0.6 is 0 Å². The van der Waals surface area contributed by atoms with Crippen LogP contribution in [0.2, 0.25) is 0 Å². The van der Waals surface area contributed by atoms with E-state index in [1.165, 1.54) is 6.33 Å². The lowest BCUT2D eigenvalue weighted by Crippen LogP contribution is -2.57. The predicted octanol–water partition coefficient (Wildman–Crippen LogP) is 1.21. The molecule has 7 nitrogen and oxygen atoms in total. The Kier molecular flexibility index (Phi) is 4.85. The van der Waals surface area contributed by atoms with E-state index < -0.39 is 6.04 Å². The largest absolute Gasteiger partial charge is 0.338 e. The van der Waals surface area contributed by atoms with Crippen LogP contribution in [0.25, 0.3) is 0 Å². The summed E-state index contributed by atoms with van der Waals surface area (Å²) in [7, 11) is 2.06. The third kappa shape index (κ3) is 3.42. The van der Waals surface area contributed by atoms with Crippen molar-refractivity contribution in [3.8, 4) is 0 Å². The van der Waals surface area contributed by atoms with Gasteiger partial charge in [0.25, 0.3) is 5.91 Å². The molecule has 7 heteroatoms. The minimum atomic E-state index is -0.495. The van der Waals surface area contributed by atoms with Crippen molar-refractivity contribution in [2.75, 3.05) is 38.1 Å². The van der Waals surface area contributed by atoms with Gasteiger partial charge in [-0.05, 0) is 37.6 Å². The van der Waals surface area contributed by atoms with Crippen LogP contribution < -0.4 is 4.90 Å². The van der Waals surface area contributed by atoms with Crippen molar-refractivity contribution < 1.29 is 9.59 Å². The molecule has 0 radical (unpaired) electrons. The second kappa shape index (κ2) is 7.44. The Morgan fingerprint density at radius 3 is 2.59 bits per heavy atom. The molecule has 4 rings (SSSR count). The maximum absolute atomic E-state index is 13.3. The summed E-state index contributed by atoms with van der Waals surface area (Å²) in [5, 5.41) is 0. The molecule has 1 fully saturated rings. The van der Waals surface area contributed by atoms with Crippen LogP contribution in [-0.2, 0) is 11.2 Å². The number of likely N-dealkylation sites (N-methyl/N-ethyl adjacent to an activating group) is 1. The van der Waals surface area contributed by atoms with Crippen LogP contribution in [0.5, 0.6) is 0 Å². The molecule has 2 aliphatic heterocycles. The van der Waals surface area contributed by atoms with Crippen molar-refractivity contribution >= 4 is 17.5 Å². The first-order valence-electron chi connectivity index (χ1n) is 9.30. The molecule has 1 saturated heterocycles. The van der Waals surface area contributed by atoms with E-state index in [0.717, 1.165) is 30.8 Å². The average Bonchev–Trinajstić information content (AvgIpc) is 2.73. The fraction of sp³-hybridized carbons (Fsp3) is 0.400. The topological polar surface area (TPSA) is 69.6 Å². The van der Waals surface area contributed by atoms with E-state index in [4.69, 9.17) is 0 Å². The van der Waals surface area contributed by atoms with Gasteiger partial charge in [0.15, 0.2) is 0 Å². The number of anilines is 1. The van der Waals surface area contributed by atoms with E-state index >= 15 is 0 Å². The van der Waals surface area contributed by atoms with Gasteiger partial charge in [-0.25, -0.2) is 9.97 Å². The van der Waals surface area contributed by atoms with Crippen LogP contribution in [-0.4, -0.2) is 70.9 Å². The molecule has 1 unspecified atom stereocenters. The molecule has 1 atom stereocenters. The average molecular weight is 365 g/mol. The third-order valence-corrected chi connectivity index (χ3v) is 5.37. The Labute approximate surface area is 158 Å². The van der Waals surface area contributed by atoms with Crippen molar-refractivity contribution in [3.63, 3.8) is 0 Å². The number of para-hydroxylation sites is 1. The van der Waals surface area contributed by atoms with Gasteiger partial charge in [-0.3, -0.25) is 14.5 Å². The Bertz CT molecular complexity index is 833. The molecule has 0 N–H and O–H groups in total. The number of amides is 2. The van der Waals surface area contributed by atoms with Crippen molar-refractivity contribution in [2.45, 2.75) is 18.9 Å². The van der Waals surface area contributed by atoms with Crippen LogP contribution in [0.15, 0.2) is 42.9 Å². The number of nitrogens with zero attached hydrogens (tertiary/aromatic N) is 5. The highest BCUT2D eigenvalue weighted by Crippen LogP contribution is 2.32. The monoisotopic (exact) mass is 365 g/mol. The van der Waals surface area contributed by atoms with Gasteiger partial charge >= 0.3 is 0 Å². The van der Waals surface area contributed by atoms with Crippen LogP contribution in [0.4, 0.5) is 5.69 Å². The molecule has 0 aliphatic carbocycles. The number of aryl methyl sites for hydroxylation is 1. The number of carbonyl (C=O) groups excluding carboxylic acids is 2. The van der Waals surface area contributed by atoms with Gasteiger partial charge in [-0.1, -0.05) is 18.2 Å². The quantitative estimate of drug-likeness (QED) is 0.800. The molecule has 0 spiro atoms. The molecule has 0 saturated carbocycles. The van der Waals surface area contributed by atoms with Crippen molar-refractivity contribution in [3.05, 3.63) is 54.1 Å². The summed E-state index contributed by atoms with van der Waals surface area (Å²) in [5.74, 6) is -0.225. The van der Waals surface area contributed by atoms with E-state index in [0.29, 0.717) is 25.2 Å². The first kappa shape index (κ1) is 17.6. The highest BCUT2D eigenvalue weighted by Gasteiger charge is 2.38. The number of piperazine rings is 1. The first-order valence-corrected chi connectivity index (χ1v) is 9.30. The zero-order valence-corrected chi connectivity index (χ0v) is 15.4. The SMILES string of the molecule is CN1CCN(C(=O)C2CCc3ccccc3N2C(=O)c2ccncn2)CC1. The summed E-state index contributed by atoms with van der Waals surface area (Å²) in [6.07, 6.45) is 4.32. The van der Waals surface area contributed by atoms with Crippen molar-refractivity contribution in [2.24, 2.45) is 0 Å². The Morgan fingerprint density at radius 1 is 1.07 bits per heavy atom. The standard InChI is InChI=1S/C20H23N5O2/c1-23-10-12-24(13-11-23)20(27)18-7-6-15-4-2-3-5-17(15)25(18)19(26)16-8-9-21-14-22-16/h2-5,8-9,14,18H,6-7,10-13H2,1H3. The fourth-order valence-electron chi connectivity index (χ4n) is 3.81. The molecule has 2 aromatic rings. The van der Waals surface area contributed by atoms with Gasteiger partial charge in [0.1, 0.15) is 18.1 Å². The summed E-state index contributed by atoms with van der Waals surface area (Å²) in [5.41, 5.74) is 2.19. The maximum Gasteiger partial charge on any atom is 0.277 e. The molecule has 2 amide bonds. The molecule has 140 valence electrons. The number of benzene rings is 1. The van der Waals surface area contributed by atoms with Crippen molar-refractivity contribution in [1.29, 1.82) is 0 Å². The highest BCUT2D eigenvalue weighted by molar-refractivity contribution is 6.09. The van der Waals surface area contributed by atoms with Crippen LogP contribution in [0.1, 0.15) is 22.5 Å². The molecule has 1 aromatic heterocycles. The zero-order valence-electron chi connectivity index (χ0n) is 15.4. The second-order valence-corrected chi connectivity index (χ2v) is 7.08. The van der Waals surface area contributed by atoms with Crippen LogP contribution in [0, 0.1) is 0 Å². The number of aromatic nitrogens is 2. The lowest BCUT2D eigenvalue weighted by Gasteiger charge is -2.40. The summed E-state index contributed by atoms with van der Waals surface area (Å²) < 4.78 is 0. The predicted molar refractivity (Wildman–Crippen MR) is 101 cm³/mol. The molecule has 0 bridgehead atoms. The normalized spacial score (nSPS) is 20.3. The highest BCUT2D eigenvalue weighted by atomic mass is 16.2. The Balaban J connectivity index is 1.68. The van der Waals surface area contributed by atoms with E-state index in [2.05, 4.69) is 21.9 Å². The summed E-state index contributed by atoms with van der Waals surface area (Å²) in [4.78, 5) is 40.3. The van der Waals surface area contributed by atoms with Crippen molar-refractivity contribution in [1.82, 2.24) is 19.8 Å². The second-order valence-electron chi connectivity index (χ2n) is 7.08. The lowest BCUT2D eigenvalue weighted by atomic mass is 9.94. The van der Waals surface area contributed by atoms with E-state index in [1.54, 1.807) is 17.2 Å². The third-order valence-electron chi connectivity index (χ3n) is 5.37. The number of hydrogen-bond acceptors (Lipinski definition) is 5. The van der Waals surface area contributed by atoms with Gasteiger partial charge in [0.2, 0.25) is 5.91 Å². The van der Waals surface area contributed by atoms with E-state index in [-0.39, 0.29) is 11.8 Å². The molecule has 27 heavy (non-hydrogen) atoms. The van der Waals surface area contributed by atoms with E-state index in [1.807, 2.05) is 29.2 Å². The summed E-state index contributed by atoms with van der Waals surface area (Å²) in [6.45, 7) is 3.11. The smallest absolute Gasteiger partial charge is 0.277 e. The maximum atomic E-state index is 13.3. The molecule has 1 aromatic carbocycles. The van der Waals surface area contributed by atoms with Crippen LogP contribution in [0.3, 0.4) is 0 Å². The Morgan fingerprint density at radius 2 is 1.85 bits per heavy atom. The molecular formula is C20H23N5O2. The van der Waals surface area contributed by atoms with Gasteiger partial charge < -0.3 is 9.80 Å². The molecule has 2 aliphatic rings.